The lowest BCUT2D eigenvalue weighted by atomic mass is 10.2. The molecule has 1 heterocycles. The standard InChI is InChI=1S/C25H24N4O4S/c26-14-7-16-28(20-10-5-2-6-11-20)23(31)13-12-22(30)27-15-17-29-24(32)21(34-25(29)33)18-19-8-3-1-4-9-19/h1-6,8-11,18H,7,12-13,15-17H2,(H,27,30)/b21-18+. The van der Waals surface area contributed by atoms with Crippen LogP contribution in [0.1, 0.15) is 24.8 Å². The average Bonchev–Trinajstić information content (AvgIpc) is 3.11. The molecule has 174 valence electrons. The van der Waals surface area contributed by atoms with Gasteiger partial charge in [0, 0.05) is 38.2 Å². The maximum Gasteiger partial charge on any atom is 0.293 e. The summed E-state index contributed by atoms with van der Waals surface area (Å²) in [5.41, 5.74) is 1.50. The fraction of sp³-hybridized carbons (Fsp3) is 0.240. The number of hydrogen-bond acceptors (Lipinski definition) is 6. The molecule has 1 aliphatic heterocycles. The van der Waals surface area contributed by atoms with Gasteiger partial charge in [0.25, 0.3) is 11.1 Å². The van der Waals surface area contributed by atoms with Crippen LogP contribution in [0.2, 0.25) is 0 Å². The van der Waals surface area contributed by atoms with E-state index in [4.69, 9.17) is 5.26 Å². The Balaban J connectivity index is 1.46. The van der Waals surface area contributed by atoms with Crippen LogP contribution in [-0.4, -0.2) is 47.5 Å². The molecule has 1 N–H and O–H groups in total. The summed E-state index contributed by atoms with van der Waals surface area (Å²) in [6.07, 6.45) is 1.79. The first-order valence-corrected chi connectivity index (χ1v) is 11.6. The molecular formula is C25H24N4O4S. The molecule has 34 heavy (non-hydrogen) atoms. The summed E-state index contributed by atoms with van der Waals surface area (Å²) >= 11 is 0.870. The minimum absolute atomic E-state index is 0.0203. The van der Waals surface area contributed by atoms with Crippen LogP contribution in [0.25, 0.3) is 6.08 Å². The Morgan fingerprint density at radius 3 is 2.38 bits per heavy atom. The molecule has 2 aromatic carbocycles. The van der Waals surface area contributed by atoms with E-state index in [9.17, 15) is 19.2 Å². The van der Waals surface area contributed by atoms with Crippen LogP contribution in [0.15, 0.2) is 65.6 Å². The average molecular weight is 477 g/mol. The summed E-state index contributed by atoms with van der Waals surface area (Å²) in [5, 5.41) is 11.1. The lowest BCUT2D eigenvalue weighted by Crippen LogP contribution is -2.38. The first kappa shape index (κ1) is 24.7. The fourth-order valence-electron chi connectivity index (χ4n) is 3.31. The van der Waals surface area contributed by atoms with Crippen molar-refractivity contribution >= 4 is 46.5 Å². The Morgan fingerprint density at radius 2 is 1.71 bits per heavy atom. The molecule has 0 aliphatic carbocycles. The predicted molar refractivity (Wildman–Crippen MR) is 130 cm³/mol. The van der Waals surface area contributed by atoms with Gasteiger partial charge in [0.05, 0.1) is 17.4 Å². The molecule has 0 aromatic heterocycles. The topological polar surface area (TPSA) is 111 Å². The molecule has 1 fully saturated rings. The molecule has 1 saturated heterocycles. The number of carbonyl (C=O) groups is 4. The first-order valence-electron chi connectivity index (χ1n) is 10.8. The van der Waals surface area contributed by atoms with Crippen molar-refractivity contribution in [2.45, 2.75) is 19.3 Å². The van der Waals surface area contributed by atoms with E-state index in [-0.39, 0.29) is 61.9 Å². The highest BCUT2D eigenvalue weighted by Crippen LogP contribution is 2.31. The van der Waals surface area contributed by atoms with Gasteiger partial charge in [-0.3, -0.25) is 24.1 Å². The zero-order valence-electron chi connectivity index (χ0n) is 18.5. The maximum absolute atomic E-state index is 12.6. The molecular weight excluding hydrogens is 452 g/mol. The predicted octanol–water partition coefficient (Wildman–Crippen LogP) is 3.57. The number of para-hydroxylation sites is 1. The summed E-state index contributed by atoms with van der Waals surface area (Å²) in [4.78, 5) is 52.5. The van der Waals surface area contributed by atoms with E-state index in [1.54, 1.807) is 30.3 Å². The van der Waals surface area contributed by atoms with E-state index in [2.05, 4.69) is 5.32 Å². The second-order valence-electron chi connectivity index (χ2n) is 7.38. The molecule has 2 aromatic rings. The lowest BCUT2D eigenvalue weighted by Gasteiger charge is -2.21. The van der Waals surface area contributed by atoms with Crippen molar-refractivity contribution in [1.82, 2.24) is 10.2 Å². The molecule has 3 rings (SSSR count). The third-order valence-corrected chi connectivity index (χ3v) is 5.92. The van der Waals surface area contributed by atoms with E-state index < -0.39 is 0 Å². The van der Waals surface area contributed by atoms with Gasteiger partial charge in [0.1, 0.15) is 0 Å². The summed E-state index contributed by atoms with van der Waals surface area (Å²) in [6, 6.07) is 20.3. The second kappa shape index (κ2) is 12.4. The summed E-state index contributed by atoms with van der Waals surface area (Å²) in [5.74, 6) is -0.999. The highest BCUT2D eigenvalue weighted by Gasteiger charge is 2.34. The van der Waals surface area contributed by atoms with Crippen LogP contribution >= 0.6 is 11.8 Å². The fourth-order valence-corrected chi connectivity index (χ4v) is 4.18. The van der Waals surface area contributed by atoms with Gasteiger partial charge in [-0.2, -0.15) is 5.26 Å². The molecule has 0 spiro atoms. The number of anilines is 1. The Morgan fingerprint density at radius 1 is 1.03 bits per heavy atom. The normalized spacial score (nSPS) is 14.2. The van der Waals surface area contributed by atoms with E-state index >= 15 is 0 Å². The number of nitrogens with one attached hydrogen (secondary N) is 1. The van der Waals surface area contributed by atoms with Crippen LogP contribution in [0, 0.1) is 11.3 Å². The molecule has 1 aliphatic rings. The minimum Gasteiger partial charge on any atom is -0.354 e. The number of amides is 4. The highest BCUT2D eigenvalue weighted by atomic mass is 32.2. The number of nitriles is 1. The number of imide groups is 1. The molecule has 0 saturated carbocycles. The minimum atomic E-state index is -0.390. The molecule has 0 bridgehead atoms. The van der Waals surface area contributed by atoms with Gasteiger partial charge >= 0.3 is 0 Å². The largest absolute Gasteiger partial charge is 0.354 e. The Hall–Kier alpha value is -3.90. The van der Waals surface area contributed by atoms with E-state index in [1.807, 2.05) is 42.5 Å². The van der Waals surface area contributed by atoms with Crippen LogP contribution < -0.4 is 10.2 Å². The van der Waals surface area contributed by atoms with Gasteiger partial charge < -0.3 is 10.2 Å². The molecule has 0 unspecified atom stereocenters. The number of carbonyl (C=O) groups excluding carboxylic acids is 4. The Labute approximate surface area is 202 Å². The van der Waals surface area contributed by atoms with Gasteiger partial charge in [-0.15, -0.1) is 0 Å². The first-order chi connectivity index (χ1) is 16.5. The zero-order valence-corrected chi connectivity index (χ0v) is 19.3. The van der Waals surface area contributed by atoms with Crippen LogP contribution in [0.3, 0.4) is 0 Å². The second-order valence-corrected chi connectivity index (χ2v) is 8.38. The van der Waals surface area contributed by atoms with E-state index in [1.165, 1.54) is 4.90 Å². The molecule has 0 atom stereocenters. The maximum atomic E-state index is 12.6. The van der Waals surface area contributed by atoms with Crippen LogP contribution in [0.4, 0.5) is 10.5 Å². The van der Waals surface area contributed by atoms with Crippen molar-refractivity contribution in [2.24, 2.45) is 0 Å². The molecule has 9 heteroatoms. The molecule has 4 amide bonds. The van der Waals surface area contributed by atoms with Crippen molar-refractivity contribution < 1.29 is 19.2 Å². The number of thioether (sulfide) groups is 1. The van der Waals surface area contributed by atoms with E-state index in [0.717, 1.165) is 22.2 Å². The van der Waals surface area contributed by atoms with Crippen molar-refractivity contribution in [3.8, 4) is 6.07 Å². The summed E-state index contributed by atoms with van der Waals surface area (Å²) in [6.45, 7) is 0.395. The molecule has 8 nitrogen and oxygen atoms in total. The quantitative estimate of drug-likeness (QED) is 0.525. The van der Waals surface area contributed by atoms with Gasteiger partial charge in [-0.05, 0) is 35.5 Å². The number of benzene rings is 2. The van der Waals surface area contributed by atoms with Crippen molar-refractivity contribution in [3.05, 3.63) is 71.1 Å². The molecule has 0 radical (unpaired) electrons. The van der Waals surface area contributed by atoms with Crippen LogP contribution in [-0.2, 0) is 14.4 Å². The van der Waals surface area contributed by atoms with Gasteiger partial charge in [0.15, 0.2) is 0 Å². The highest BCUT2D eigenvalue weighted by molar-refractivity contribution is 8.18. The lowest BCUT2D eigenvalue weighted by molar-refractivity contribution is -0.125. The number of rotatable bonds is 10. The Bertz CT molecular complexity index is 1110. The van der Waals surface area contributed by atoms with Gasteiger partial charge in [-0.1, -0.05) is 48.5 Å². The van der Waals surface area contributed by atoms with Crippen molar-refractivity contribution in [3.63, 3.8) is 0 Å². The SMILES string of the molecule is N#CCCN(C(=O)CCC(=O)NCCN1C(=O)S/C(=C/c2ccccc2)C1=O)c1ccccc1. The third-order valence-electron chi connectivity index (χ3n) is 5.01. The van der Waals surface area contributed by atoms with Gasteiger partial charge in [-0.25, -0.2) is 0 Å². The third kappa shape index (κ3) is 6.80. The van der Waals surface area contributed by atoms with Gasteiger partial charge in [0.2, 0.25) is 11.8 Å². The Kier molecular flexibility index (Phi) is 9.00. The monoisotopic (exact) mass is 476 g/mol. The van der Waals surface area contributed by atoms with Crippen LogP contribution in [0.5, 0.6) is 0 Å². The number of nitrogens with zero attached hydrogens (tertiary/aromatic N) is 3. The summed E-state index contributed by atoms with van der Waals surface area (Å²) in [7, 11) is 0. The summed E-state index contributed by atoms with van der Waals surface area (Å²) < 4.78 is 0. The zero-order chi connectivity index (χ0) is 24.3. The van der Waals surface area contributed by atoms with Crippen molar-refractivity contribution in [2.75, 3.05) is 24.5 Å². The number of hydrogen-bond donors (Lipinski definition) is 1. The smallest absolute Gasteiger partial charge is 0.293 e. The van der Waals surface area contributed by atoms with E-state index in [0.29, 0.717) is 10.6 Å². The van der Waals surface area contributed by atoms with Crippen molar-refractivity contribution in [1.29, 1.82) is 5.26 Å².